The lowest BCUT2D eigenvalue weighted by atomic mass is 10.1. The maximum atomic E-state index is 12.0. The highest BCUT2D eigenvalue weighted by Gasteiger charge is 2.19. The fourth-order valence-electron chi connectivity index (χ4n) is 1.82. The smallest absolute Gasteiger partial charge is 0.321 e. The Hall–Kier alpha value is -1.46. The van der Waals surface area contributed by atoms with Gasteiger partial charge in [-0.3, -0.25) is 0 Å². The molecule has 0 aliphatic heterocycles. The van der Waals surface area contributed by atoms with E-state index in [1.165, 1.54) is 4.90 Å². The SMILES string of the molecule is CN(CC(C)(C)O)C(=O)Nc1ccc(N(C)C)c(Cl)c1. The minimum atomic E-state index is -0.932. The van der Waals surface area contributed by atoms with Crippen LogP contribution >= 0.6 is 11.6 Å². The van der Waals surface area contributed by atoms with Crippen LogP contribution < -0.4 is 10.2 Å². The topological polar surface area (TPSA) is 55.8 Å². The van der Waals surface area contributed by atoms with Crippen molar-refractivity contribution in [2.45, 2.75) is 19.4 Å². The van der Waals surface area contributed by atoms with Gasteiger partial charge in [0, 0.05) is 26.8 Å². The summed E-state index contributed by atoms with van der Waals surface area (Å²) in [5.74, 6) is 0. The van der Waals surface area contributed by atoms with Crippen LogP contribution in [0.3, 0.4) is 0 Å². The first-order chi connectivity index (χ1) is 9.10. The average Bonchev–Trinajstić information content (AvgIpc) is 2.26. The maximum Gasteiger partial charge on any atom is 0.321 e. The quantitative estimate of drug-likeness (QED) is 0.898. The van der Waals surface area contributed by atoms with Gasteiger partial charge in [-0.15, -0.1) is 0 Å². The third kappa shape index (κ3) is 4.90. The lowest BCUT2D eigenvalue weighted by molar-refractivity contribution is 0.0550. The molecule has 6 heteroatoms. The predicted octanol–water partition coefficient (Wildman–Crippen LogP) is 2.64. The summed E-state index contributed by atoms with van der Waals surface area (Å²) in [6, 6.07) is 5.04. The van der Waals surface area contributed by atoms with E-state index in [-0.39, 0.29) is 12.6 Å². The van der Waals surface area contributed by atoms with Gasteiger partial charge in [0.2, 0.25) is 0 Å². The van der Waals surface area contributed by atoms with E-state index in [4.69, 9.17) is 11.6 Å². The molecule has 0 aliphatic carbocycles. The van der Waals surface area contributed by atoms with E-state index in [2.05, 4.69) is 5.32 Å². The molecule has 0 bridgehead atoms. The fourth-order valence-corrected chi connectivity index (χ4v) is 2.17. The number of hydrogen-bond acceptors (Lipinski definition) is 3. The molecule has 2 amide bonds. The molecule has 5 nitrogen and oxygen atoms in total. The van der Waals surface area contributed by atoms with Crippen LogP contribution in [-0.2, 0) is 0 Å². The minimum Gasteiger partial charge on any atom is -0.389 e. The average molecular weight is 300 g/mol. The highest BCUT2D eigenvalue weighted by atomic mass is 35.5. The Kier molecular flexibility index (Phi) is 5.25. The van der Waals surface area contributed by atoms with Crippen LogP contribution in [0.1, 0.15) is 13.8 Å². The number of nitrogens with zero attached hydrogens (tertiary/aromatic N) is 2. The number of nitrogens with one attached hydrogen (secondary N) is 1. The Morgan fingerprint density at radius 3 is 2.40 bits per heavy atom. The molecule has 0 spiro atoms. The highest BCUT2D eigenvalue weighted by molar-refractivity contribution is 6.33. The molecule has 0 saturated heterocycles. The Labute approximate surface area is 125 Å². The van der Waals surface area contributed by atoms with Crippen LogP contribution in [0.5, 0.6) is 0 Å². The Morgan fingerprint density at radius 1 is 1.35 bits per heavy atom. The molecule has 0 aromatic heterocycles. The zero-order chi connectivity index (χ0) is 15.5. The zero-order valence-electron chi connectivity index (χ0n) is 12.6. The zero-order valence-corrected chi connectivity index (χ0v) is 13.3. The summed E-state index contributed by atoms with van der Waals surface area (Å²) >= 11 is 6.15. The monoisotopic (exact) mass is 299 g/mol. The Morgan fingerprint density at radius 2 is 1.95 bits per heavy atom. The van der Waals surface area contributed by atoms with E-state index in [9.17, 15) is 9.90 Å². The molecule has 0 fully saturated rings. The van der Waals surface area contributed by atoms with Gasteiger partial charge in [0.05, 0.1) is 22.9 Å². The van der Waals surface area contributed by atoms with Crippen molar-refractivity contribution < 1.29 is 9.90 Å². The standard InChI is InChI=1S/C14H22ClN3O2/c1-14(2,20)9-18(5)13(19)16-10-6-7-12(17(3)4)11(15)8-10/h6-8,20H,9H2,1-5H3,(H,16,19). The normalized spacial score (nSPS) is 11.2. The van der Waals surface area contributed by atoms with Crippen LogP contribution in [0.4, 0.5) is 16.2 Å². The predicted molar refractivity (Wildman–Crippen MR) is 83.7 cm³/mol. The molecule has 0 radical (unpaired) electrons. The van der Waals surface area contributed by atoms with E-state index in [1.54, 1.807) is 33.0 Å². The largest absolute Gasteiger partial charge is 0.389 e. The number of hydrogen-bond donors (Lipinski definition) is 2. The van der Waals surface area contributed by atoms with Crippen molar-refractivity contribution in [2.24, 2.45) is 0 Å². The van der Waals surface area contributed by atoms with E-state index in [0.29, 0.717) is 10.7 Å². The van der Waals surface area contributed by atoms with E-state index in [1.807, 2.05) is 25.1 Å². The third-order valence-corrected chi connectivity index (χ3v) is 2.95. The minimum absolute atomic E-state index is 0.238. The summed E-state index contributed by atoms with van der Waals surface area (Å²) in [5.41, 5.74) is 0.570. The summed E-state index contributed by atoms with van der Waals surface area (Å²) in [4.78, 5) is 15.3. The van der Waals surface area contributed by atoms with Gasteiger partial charge >= 0.3 is 6.03 Å². The number of amides is 2. The third-order valence-electron chi connectivity index (χ3n) is 2.65. The molecule has 1 aromatic rings. The van der Waals surface area contributed by atoms with Crippen molar-refractivity contribution in [1.29, 1.82) is 0 Å². The second-order valence-corrected chi connectivity index (χ2v) is 6.07. The number of halogens is 1. The summed E-state index contributed by atoms with van der Waals surface area (Å²) in [6.07, 6.45) is 0. The van der Waals surface area contributed by atoms with E-state index >= 15 is 0 Å². The molecule has 112 valence electrons. The molecule has 0 atom stereocenters. The van der Waals surface area contributed by atoms with E-state index < -0.39 is 5.60 Å². The van der Waals surface area contributed by atoms with Gasteiger partial charge in [-0.05, 0) is 32.0 Å². The highest BCUT2D eigenvalue weighted by Crippen LogP contribution is 2.27. The number of benzene rings is 1. The van der Waals surface area contributed by atoms with Crippen LogP contribution in [0, 0.1) is 0 Å². The van der Waals surface area contributed by atoms with Crippen LogP contribution in [0.2, 0.25) is 5.02 Å². The van der Waals surface area contributed by atoms with Crippen molar-refractivity contribution in [3.05, 3.63) is 23.2 Å². The van der Waals surface area contributed by atoms with E-state index in [0.717, 1.165) is 5.69 Å². The second-order valence-electron chi connectivity index (χ2n) is 5.66. The maximum absolute atomic E-state index is 12.0. The van der Waals surface area contributed by atoms with Gasteiger partial charge in [0.25, 0.3) is 0 Å². The number of aliphatic hydroxyl groups is 1. The lowest BCUT2D eigenvalue weighted by Gasteiger charge is -2.26. The van der Waals surface area contributed by atoms with Crippen LogP contribution in [0.15, 0.2) is 18.2 Å². The number of likely N-dealkylation sites (N-methyl/N-ethyl adjacent to an activating group) is 1. The number of carbonyl (C=O) groups excluding carboxylic acids is 1. The first-order valence-electron chi connectivity index (χ1n) is 6.31. The molecule has 2 N–H and O–H groups in total. The van der Waals surface area contributed by atoms with Crippen molar-refractivity contribution in [3.63, 3.8) is 0 Å². The van der Waals surface area contributed by atoms with Gasteiger partial charge in [-0.25, -0.2) is 4.79 Å². The molecule has 0 heterocycles. The van der Waals surface area contributed by atoms with Crippen molar-refractivity contribution in [3.8, 4) is 0 Å². The first-order valence-corrected chi connectivity index (χ1v) is 6.69. The molecular formula is C14H22ClN3O2. The molecular weight excluding hydrogens is 278 g/mol. The Bertz CT molecular complexity index is 484. The second kappa shape index (κ2) is 6.33. The van der Waals surface area contributed by atoms with Crippen molar-refractivity contribution in [2.75, 3.05) is 37.9 Å². The number of carbonyl (C=O) groups is 1. The number of rotatable bonds is 4. The molecule has 0 saturated carbocycles. The number of urea groups is 1. The van der Waals surface area contributed by atoms with Gasteiger partial charge in [0.1, 0.15) is 0 Å². The van der Waals surface area contributed by atoms with Gasteiger partial charge < -0.3 is 20.2 Å². The summed E-state index contributed by atoms with van der Waals surface area (Å²) in [5, 5.41) is 13.0. The molecule has 0 aliphatic rings. The molecule has 1 rings (SSSR count). The molecule has 20 heavy (non-hydrogen) atoms. The van der Waals surface area contributed by atoms with Crippen LogP contribution in [0.25, 0.3) is 0 Å². The molecule has 1 aromatic carbocycles. The Balaban J connectivity index is 2.74. The molecule has 0 unspecified atom stereocenters. The fraction of sp³-hybridized carbons (Fsp3) is 0.500. The summed E-state index contributed by atoms with van der Waals surface area (Å²) < 4.78 is 0. The summed E-state index contributed by atoms with van der Waals surface area (Å²) in [7, 11) is 5.43. The van der Waals surface area contributed by atoms with Crippen LogP contribution in [-0.4, -0.2) is 49.3 Å². The summed E-state index contributed by atoms with van der Waals surface area (Å²) in [6.45, 7) is 3.54. The first kappa shape index (κ1) is 16.6. The van der Waals surface area contributed by atoms with Crippen molar-refractivity contribution >= 4 is 29.0 Å². The number of anilines is 2. The lowest BCUT2D eigenvalue weighted by Crippen LogP contribution is -2.41. The van der Waals surface area contributed by atoms with Crippen molar-refractivity contribution in [1.82, 2.24) is 4.90 Å². The van der Waals surface area contributed by atoms with Gasteiger partial charge in [-0.1, -0.05) is 11.6 Å². The van der Waals surface area contributed by atoms with Gasteiger partial charge in [-0.2, -0.15) is 0 Å². The van der Waals surface area contributed by atoms with Gasteiger partial charge in [0.15, 0.2) is 0 Å².